The third kappa shape index (κ3) is 4.05. The zero-order valence-electron chi connectivity index (χ0n) is 16.2. The molecule has 0 spiro atoms. The van der Waals surface area contributed by atoms with Crippen LogP contribution >= 0.6 is 0 Å². The maximum absolute atomic E-state index is 13.8. The molecule has 0 aromatic heterocycles. The van der Waals surface area contributed by atoms with Gasteiger partial charge in [-0.1, -0.05) is 66.4 Å². The summed E-state index contributed by atoms with van der Waals surface area (Å²) < 4.78 is 19.3. The SMILES string of the molecule is O=C(NCC#Cc1ccc(CO)cc1F)OCC1c2ccccc2-c2ccccc21. The van der Waals surface area contributed by atoms with E-state index >= 15 is 0 Å². The van der Waals surface area contributed by atoms with Gasteiger partial charge >= 0.3 is 6.09 Å². The van der Waals surface area contributed by atoms with E-state index < -0.39 is 11.9 Å². The lowest BCUT2D eigenvalue weighted by atomic mass is 9.98. The van der Waals surface area contributed by atoms with Gasteiger partial charge < -0.3 is 15.2 Å². The topological polar surface area (TPSA) is 58.6 Å². The molecule has 4 rings (SSSR count). The number of alkyl carbamates (subject to hydrolysis) is 1. The van der Waals surface area contributed by atoms with Crippen molar-refractivity contribution in [3.8, 4) is 23.0 Å². The monoisotopic (exact) mass is 401 g/mol. The van der Waals surface area contributed by atoms with Crippen molar-refractivity contribution in [3.05, 3.63) is 94.8 Å². The molecule has 0 unspecified atom stereocenters. The molecule has 0 atom stereocenters. The van der Waals surface area contributed by atoms with Crippen LogP contribution in [0.25, 0.3) is 11.1 Å². The Bertz CT molecular complexity index is 1100. The minimum absolute atomic E-state index is 0.00614. The molecule has 0 fully saturated rings. The van der Waals surface area contributed by atoms with Crippen molar-refractivity contribution in [1.82, 2.24) is 5.32 Å². The van der Waals surface area contributed by atoms with Crippen molar-refractivity contribution in [2.75, 3.05) is 13.2 Å². The van der Waals surface area contributed by atoms with E-state index in [4.69, 9.17) is 9.84 Å². The van der Waals surface area contributed by atoms with Crippen LogP contribution in [0.4, 0.5) is 9.18 Å². The van der Waals surface area contributed by atoms with Gasteiger partial charge in [-0.2, -0.15) is 0 Å². The van der Waals surface area contributed by atoms with Crippen molar-refractivity contribution in [2.45, 2.75) is 12.5 Å². The molecule has 1 aliphatic rings. The van der Waals surface area contributed by atoms with E-state index in [1.165, 1.54) is 23.3 Å². The minimum Gasteiger partial charge on any atom is -0.449 e. The van der Waals surface area contributed by atoms with Crippen molar-refractivity contribution in [1.29, 1.82) is 0 Å². The van der Waals surface area contributed by atoms with E-state index in [1.807, 2.05) is 24.3 Å². The zero-order valence-corrected chi connectivity index (χ0v) is 16.2. The number of fused-ring (bicyclic) bond motifs is 3. The van der Waals surface area contributed by atoms with Gasteiger partial charge in [-0.3, -0.25) is 0 Å². The predicted molar refractivity (Wildman–Crippen MR) is 112 cm³/mol. The summed E-state index contributed by atoms with van der Waals surface area (Å²) in [6.45, 7) is 0.0381. The van der Waals surface area contributed by atoms with Crippen LogP contribution in [-0.4, -0.2) is 24.4 Å². The third-order valence-corrected chi connectivity index (χ3v) is 5.10. The summed E-state index contributed by atoms with van der Waals surface area (Å²) in [6, 6.07) is 20.6. The molecule has 0 aliphatic heterocycles. The fraction of sp³-hybridized carbons (Fsp3) is 0.160. The van der Waals surface area contributed by atoms with Gasteiger partial charge in [-0.15, -0.1) is 0 Å². The summed E-state index contributed by atoms with van der Waals surface area (Å²) in [7, 11) is 0. The fourth-order valence-electron chi connectivity index (χ4n) is 3.66. The number of amides is 1. The van der Waals surface area contributed by atoms with Crippen molar-refractivity contribution in [2.24, 2.45) is 0 Å². The molecule has 0 saturated carbocycles. The van der Waals surface area contributed by atoms with Gasteiger partial charge in [0.2, 0.25) is 0 Å². The Morgan fingerprint density at radius 1 is 1.03 bits per heavy atom. The highest BCUT2D eigenvalue weighted by molar-refractivity contribution is 5.79. The number of aliphatic hydroxyl groups is 1. The van der Waals surface area contributed by atoms with Crippen LogP contribution in [0.5, 0.6) is 0 Å². The largest absolute Gasteiger partial charge is 0.449 e. The van der Waals surface area contributed by atoms with Crippen LogP contribution in [0.3, 0.4) is 0 Å². The molecule has 1 aliphatic carbocycles. The molecular formula is C25H20FNO3. The Balaban J connectivity index is 1.34. The average molecular weight is 401 g/mol. The van der Waals surface area contributed by atoms with Gasteiger partial charge in [0.1, 0.15) is 12.4 Å². The minimum atomic E-state index is -0.567. The predicted octanol–water partition coefficient (Wildman–Crippen LogP) is 4.21. The lowest BCUT2D eigenvalue weighted by Gasteiger charge is -2.14. The highest BCUT2D eigenvalue weighted by Gasteiger charge is 2.28. The number of aliphatic hydroxyl groups excluding tert-OH is 1. The Morgan fingerprint density at radius 2 is 1.70 bits per heavy atom. The molecule has 0 saturated heterocycles. The van der Waals surface area contributed by atoms with Crippen LogP contribution in [0, 0.1) is 17.7 Å². The van der Waals surface area contributed by atoms with Crippen LogP contribution < -0.4 is 5.32 Å². The Kier molecular flexibility index (Phi) is 5.78. The number of hydrogen-bond acceptors (Lipinski definition) is 3. The van der Waals surface area contributed by atoms with Gasteiger partial charge in [-0.05, 0) is 39.9 Å². The molecule has 0 radical (unpaired) electrons. The summed E-state index contributed by atoms with van der Waals surface area (Å²) >= 11 is 0. The number of halogens is 1. The van der Waals surface area contributed by atoms with E-state index in [-0.39, 0.29) is 31.2 Å². The maximum Gasteiger partial charge on any atom is 0.407 e. The van der Waals surface area contributed by atoms with Crippen LogP contribution in [-0.2, 0) is 11.3 Å². The molecule has 1 amide bonds. The highest BCUT2D eigenvalue weighted by Crippen LogP contribution is 2.44. The normalized spacial score (nSPS) is 11.8. The number of benzene rings is 3. The van der Waals surface area contributed by atoms with Crippen molar-refractivity contribution >= 4 is 6.09 Å². The molecule has 5 heteroatoms. The van der Waals surface area contributed by atoms with Crippen LogP contribution in [0.2, 0.25) is 0 Å². The third-order valence-electron chi connectivity index (χ3n) is 5.10. The summed E-state index contributed by atoms with van der Waals surface area (Å²) in [5, 5.41) is 11.6. The van der Waals surface area contributed by atoms with Crippen LogP contribution in [0.1, 0.15) is 28.2 Å². The molecular weight excluding hydrogens is 381 g/mol. The number of hydrogen-bond donors (Lipinski definition) is 2. The van der Waals surface area contributed by atoms with Gasteiger partial charge in [0.15, 0.2) is 0 Å². The Hall–Kier alpha value is -3.62. The number of carbonyl (C=O) groups excluding carboxylic acids is 1. The number of ether oxygens (including phenoxy) is 1. The first-order valence-corrected chi connectivity index (χ1v) is 9.64. The van der Waals surface area contributed by atoms with Gasteiger partial charge in [0.25, 0.3) is 0 Å². The molecule has 4 nitrogen and oxygen atoms in total. The maximum atomic E-state index is 13.8. The summed E-state index contributed by atoms with van der Waals surface area (Å²) in [4.78, 5) is 12.1. The van der Waals surface area contributed by atoms with E-state index in [0.29, 0.717) is 5.56 Å². The van der Waals surface area contributed by atoms with Crippen molar-refractivity contribution < 1.29 is 19.0 Å². The highest BCUT2D eigenvalue weighted by atomic mass is 19.1. The lowest BCUT2D eigenvalue weighted by molar-refractivity contribution is 0.144. The Labute approximate surface area is 174 Å². The fourth-order valence-corrected chi connectivity index (χ4v) is 3.66. The number of nitrogens with one attached hydrogen (secondary N) is 1. The van der Waals surface area contributed by atoms with E-state index in [2.05, 4.69) is 41.4 Å². The van der Waals surface area contributed by atoms with Gasteiger partial charge in [0.05, 0.1) is 18.7 Å². The average Bonchev–Trinajstić information content (AvgIpc) is 3.10. The second kappa shape index (κ2) is 8.81. The van der Waals surface area contributed by atoms with Crippen molar-refractivity contribution in [3.63, 3.8) is 0 Å². The molecule has 30 heavy (non-hydrogen) atoms. The van der Waals surface area contributed by atoms with Crippen LogP contribution in [0.15, 0.2) is 66.7 Å². The summed E-state index contributed by atoms with van der Waals surface area (Å²) in [6.07, 6.45) is -0.567. The molecule has 0 heterocycles. The molecule has 150 valence electrons. The zero-order chi connectivity index (χ0) is 20.9. The molecule has 2 N–H and O–H groups in total. The first-order valence-electron chi connectivity index (χ1n) is 9.64. The molecule has 3 aromatic rings. The first-order chi connectivity index (χ1) is 14.7. The summed E-state index contributed by atoms with van der Waals surface area (Å²) in [5.74, 6) is 4.86. The van der Waals surface area contributed by atoms with E-state index in [9.17, 15) is 9.18 Å². The Morgan fingerprint density at radius 3 is 2.33 bits per heavy atom. The number of rotatable bonds is 4. The lowest BCUT2D eigenvalue weighted by Crippen LogP contribution is -2.26. The first kappa shape index (κ1) is 19.7. The van der Waals surface area contributed by atoms with Gasteiger partial charge in [-0.25, -0.2) is 9.18 Å². The molecule has 0 bridgehead atoms. The second-order valence-electron chi connectivity index (χ2n) is 6.95. The second-order valence-corrected chi connectivity index (χ2v) is 6.95. The van der Waals surface area contributed by atoms with Gasteiger partial charge in [0, 0.05) is 5.92 Å². The summed E-state index contributed by atoms with van der Waals surface area (Å²) in [5.41, 5.74) is 5.32. The number of carbonyl (C=O) groups is 1. The van der Waals surface area contributed by atoms with E-state index in [1.54, 1.807) is 6.07 Å². The quantitative estimate of drug-likeness (QED) is 0.644. The standard InChI is InChI=1S/C25H20FNO3/c26-24-14-17(15-28)11-12-18(24)6-5-13-27-25(29)30-16-23-21-9-3-1-7-19(21)20-8-2-4-10-22(20)23/h1-4,7-12,14,23,28H,13,15-16H2,(H,27,29). The molecule has 3 aromatic carbocycles. The smallest absolute Gasteiger partial charge is 0.407 e. The van der Waals surface area contributed by atoms with E-state index in [0.717, 1.165) is 11.1 Å².